The predicted molar refractivity (Wildman–Crippen MR) is 59.0 cm³/mol. The van der Waals surface area contributed by atoms with E-state index in [1.54, 1.807) is 0 Å². The number of aliphatic hydroxyl groups excluding tert-OH is 1. The average Bonchev–Trinajstić information content (AvgIpc) is 3.01. The van der Waals surface area contributed by atoms with E-state index in [2.05, 4.69) is 0 Å². The molecular weight excluding hydrogens is 188 g/mol. The van der Waals surface area contributed by atoms with Crippen LogP contribution in [0.15, 0.2) is 18.2 Å². The van der Waals surface area contributed by atoms with Crippen molar-refractivity contribution in [2.75, 3.05) is 6.61 Å². The van der Waals surface area contributed by atoms with E-state index in [1.807, 2.05) is 32.0 Å². The number of carbonyl (C=O) groups is 1. The Morgan fingerprint density at radius 1 is 1.40 bits per heavy atom. The molecule has 0 radical (unpaired) electrons. The number of aryl methyl sites for hydroxylation is 2. The molecule has 2 heteroatoms. The zero-order valence-corrected chi connectivity index (χ0v) is 9.21. The fourth-order valence-corrected chi connectivity index (χ4v) is 1.87. The summed E-state index contributed by atoms with van der Waals surface area (Å²) in [5.41, 5.74) is 2.43. The molecule has 0 saturated heterocycles. The summed E-state index contributed by atoms with van der Waals surface area (Å²) < 4.78 is 0. The monoisotopic (exact) mass is 204 g/mol. The Kier molecular flexibility index (Phi) is 2.39. The van der Waals surface area contributed by atoms with Gasteiger partial charge < -0.3 is 5.11 Å². The van der Waals surface area contributed by atoms with Crippen LogP contribution in [0.2, 0.25) is 0 Å². The van der Waals surface area contributed by atoms with Gasteiger partial charge in [0, 0.05) is 5.56 Å². The van der Waals surface area contributed by atoms with E-state index in [-0.39, 0.29) is 12.4 Å². The van der Waals surface area contributed by atoms with Crippen LogP contribution in [0.4, 0.5) is 0 Å². The molecule has 1 aliphatic carbocycles. The van der Waals surface area contributed by atoms with Crippen molar-refractivity contribution < 1.29 is 9.90 Å². The van der Waals surface area contributed by atoms with E-state index in [0.717, 1.165) is 29.5 Å². The molecule has 0 aliphatic heterocycles. The molecule has 1 aromatic carbocycles. The van der Waals surface area contributed by atoms with Crippen LogP contribution in [0.5, 0.6) is 0 Å². The van der Waals surface area contributed by atoms with E-state index in [9.17, 15) is 9.90 Å². The normalized spacial score (nSPS) is 17.5. The highest BCUT2D eigenvalue weighted by Crippen LogP contribution is 2.48. The highest BCUT2D eigenvalue weighted by molar-refractivity contribution is 6.03. The lowest BCUT2D eigenvalue weighted by molar-refractivity contribution is 0.0829. The molecule has 0 atom stereocenters. The van der Waals surface area contributed by atoms with Gasteiger partial charge in [0.15, 0.2) is 5.78 Å². The van der Waals surface area contributed by atoms with Gasteiger partial charge in [0.2, 0.25) is 0 Å². The number of aliphatic hydroxyl groups is 1. The molecule has 1 saturated carbocycles. The van der Waals surface area contributed by atoms with Gasteiger partial charge in [-0.15, -0.1) is 0 Å². The van der Waals surface area contributed by atoms with Crippen LogP contribution in [0.25, 0.3) is 0 Å². The highest BCUT2D eigenvalue weighted by Gasteiger charge is 2.49. The van der Waals surface area contributed by atoms with Crippen LogP contribution in [0.3, 0.4) is 0 Å². The van der Waals surface area contributed by atoms with Crippen LogP contribution in [-0.2, 0) is 0 Å². The molecule has 1 fully saturated rings. The minimum absolute atomic E-state index is 0.0147. The van der Waals surface area contributed by atoms with Gasteiger partial charge in [0.25, 0.3) is 0 Å². The largest absolute Gasteiger partial charge is 0.395 e. The van der Waals surface area contributed by atoms with E-state index < -0.39 is 5.41 Å². The van der Waals surface area contributed by atoms with Crippen LogP contribution >= 0.6 is 0 Å². The Bertz CT molecular complexity index is 403. The Hall–Kier alpha value is -1.15. The van der Waals surface area contributed by atoms with Crippen molar-refractivity contribution >= 4 is 5.78 Å². The Morgan fingerprint density at radius 2 is 2.07 bits per heavy atom. The third-order valence-electron chi connectivity index (χ3n) is 3.28. The van der Waals surface area contributed by atoms with Gasteiger partial charge in [-0.25, -0.2) is 0 Å². The fourth-order valence-electron chi connectivity index (χ4n) is 1.87. The zero-order valence-electron chi connectivity index (χ0n) is 9.21. The number of hydrogen-bond donors (Lipinski definition) is 1. The van der Waals surface area contributed by atoms with Crippen LogP contribution in [0, 0.1) is 19.3 Å². The van der Waals surface area contributed by atoms with E-state index in [4.69, 9.17) is 0 Å². The molecular formula is C13H16O2. The third-order valence-corrected chi connectivity index (χ3v) is 3.28. The summed E-state index contributed by atoms with van der Waals surface area (Å²) >= 11 is 0. The van der Waals surface area contributed by atoms with E-state index in [0.29, 0.717) is 0 Å². The Balaban J connectivity index is 2.37. The summed E-state index contributed by atoms with van der Waals surface area (Å²) in [7, 11) is 0. The second-order valence-corrected chi connectivity index (χ2v) is 4.59. The molecule has 1 N–H and O–H groups in total. The van der Waals surface area contributed by atoms with Gasteiger partial charge in [0.1, 0.15) is 0 Å². The van der Waals surface area contributed by atoms with Gasteiger partial charge >= 0.3 is 0 Å². The number of rotatable bonds is 3. The quantitative estimate of drug-likeness (QED) is 0.767. The molecule has 0 aromatic heterocycles. The van der Waals surface area contributed by atoms with Crippen molar-refractivity contribution in [3.05, 3.63) is 34.9 Å². The van der Waals surface area contributed by atoms with Crippen molar-refractivity contribution in [2.45, 2.75) is 26.7 Å². The summed E-state index contributed by atoms with van der Waals surface area (Å²) in [5.74, 6) is 0.117. The first-order valence-electron chi connectivity index (χ1n) is 5.32. The Labute approximate surface area is 89.9 Å². The van der Waals surface area contributed by atoms with Crippen molar-refractivity contribution in [3.8, 4) is 0 Å². The van der Waals surface area contributed by atoms with Crippen molar-refractivity contribution in [1.29, 1.82) is 0 Å². The molecule has 0 bridgehead atoms. The van der Waals surface area contributed by atoms with Crippen LogP contribution in [0.1, 0.15) is 34.3 Å². The number of ketones is 1. The van der Waals surface area contributed by atoms with Gasteiger partial charge in [0.05, 0.1) is 12.0 Å². The second-order valence-electron chi connectivity index (χ2n) is 4.59. The summed E-state index contributed by atoms with van der Waals surface area (Å²) in [6.07, 6.45) is 1.66. The van der Waals surface area contributed by atoms with Gasteiger partial charge in [-0.05, 0) is 38.3 Å². The first kappa shape index (κ1) is 10.4. The minimum Gasteiger partial charge on any atom is -0.395 e. The summed E-state index contributed by atoms with van der Waals surface area (Å²) in [5, 5.41) is 9.23. The average molecular weight is 204 g/mol. The highest BCUT2D eigenvalue weighted by atomic mass is 16.3. The first-order valence-corrected chi connectivity index (χ1v) is 5.32. The maximum Gasteiger partial charge on any atom is 0.171 e. The lowest BCUT2D eigenvalue weighted by Crippen LogP contribution is -2.21. The smallest absolute Gasteiger partial charge is 0.171 e. The molecule has 80 valence electrons. The topological polar surface area (TPSA) is 37.3 Å². The van der Waals surface area contributed by atoms with E-state index >= 15 is 0 Å². The molecule has 2 nitrogen and oxygen atoms in total. The lowest BCUT2D eigenvalue weighted by atomic mass is 9.91. The van der Waals surface area contributed by atoms with Gasteiger partial charge in [-0.3, -0.25) is 4.79 Å². The SMILES string of the molecule is Cc1ccc(C)c(C(=O)C2(CO)CC2)c1. The third kappa shape index (κ3) is 1.70. The maximum atomic E-state index is 12.2. The van der Waals surface area contributed by atoms with Crippen LogP contribution < -0.4 is 0 Å². The summed E-state index contributed by atoms with van der Waals surface area (Å²) in [6, 6.07) is 5.90. The van der Waals surface area contributed by atoms with Crippen molar-refractivity contribution in [1.82, 2.24) is 0 Å². The summed E-state index contributed by atoms with van der Waals surface area (Å²) in [4.78, 5) is 12.2. The Morgan fingerprint density at radius 3 is 2.60 bits per heavy atom. The van der Waals surface area contributed by atoms with Crippen molar-refractivity contribution in [2.24, 2.45) is 5.41 Å². The fraction of sp³-hybridized carbons (Fsp3) is 0.462. The number of benzene rings is 1. The first-order chi connectivity index (χ1) is 7.09. The lowest BCUT2D eigenvalue weighted by Gasteiger charge is -2.12. The molecule has 0 amide bonds. The maximum absolute atomic E-state index is 12.2. The zero-order chi connectivity index (χ0) is 11.1. The number of hydrogen-bond acceptors (Lipinski definition) is 2. The standard InChI is InChI=1S/C13H16O2/c1-9-3-4-10(2)11(7-9)12(15)13(8-14)5-6-13/h3-4,7,14H,5-6,8H2,1-2H3. The number of carbonyl (C=O) groups excluding carboxylic acids is 1. The van der Waals surface area contributed by atoms with Crippen LogP contribution in [-0.4, -0.2) is 17.5 Å². The molecule has 1 aromatic rings. The molecule has 2 rings (SSSR count). The van der Waals surface area contributed by atoms with Crippen molar-refractivity contribution in [3.63, 3.8) is 0 Å². The minimum atomic E-state index is -0.446. The predicted octanol–water partition coefficient (Wildman–Crippen LogP) is 2.26. The second kappa shape index (κ2) is 3.46. The molecule has 0 heterocycles. The van der Waals surface area contributed by atoms with Gasteiger partial charge in [-0.2, -0.15) is 0 Å². The van der Waals surface area contributed by atoms with Gasteiger partial charge in [-0.1, -0.05) is 17.7 Å². The molecule has 1 aliphatic rings. The summed E-state index contributed by atoms with van der Waals surface area (Å²) in [6.45, 7) is 3.91. The van der Waals surface area contributed by atoms with E-state index in [1.165, 1.54) is 0 Å². The molecule has 0 spiro atoms. The molecule has 15 heavy (non-hydrogen) atoms. The molecule has 0 unspecified atom stereocenters. The number of Topliss-reactive ketones (excluding diaryl/α,β-unsaturated/α-hetero) is 1.